The molecular formula is C16H19N3O2S. The first kappa shape index (κ1) is 15.1. The number of pyridine rings is 1. The minimum Gasteiger partial charge on any atom is -0.376 e. The summed E-state index contributed by atoms with van der Waals surface area (Å²) in [6.07, 6.45) is 5.21. The Morgan fingerprint density at radius 1 is 1.41 bits per heavy atom. The van der Waals surface area contributed by atoms with Crippen molar-refractivity contribution in [2.24, 2.45) is 0 Å². The maximum atomic E-state index is 11.8. The maximum absolute atomic E-state index is 11.8. The van der Waals surface area contributed by atoms with Gasteiger partial charge in [-0.2, -0.15) is 0 Å². The predicted octanol–water partition coefficient (Wildman–Crippen LogP) is 2.43. The van der Waals surface area contributed by atoms with E-state index in [9.17, 15) is 4.79 Å². The van der Waals surface area contributed by atoms with Crippen LogP contribution >= 0.6 is 11.3 Å². The largest absolute Gasteiger partial charge is 0.376 e. The van der Waals surface area contributed by atoms with E-state index in [-0.39, 0.29) is 12.0 Å². The zero-order valence-electron chi connectivity index (χ0n) is 12.3. The van der Waals surface area contributed by atoms with E-state index in [2.05, 4.69) is 15.3 Å². The van der Waals surface area contributed by atoms with Gasteiger partial charge in [-0.15, -0.1) is 11.3 Å². The van der Waals surface area contributed by atoms with Crippen molar-refractivity contribution in [3.63, 3.8) is 0 Å². The number of carbonyl (C=O) groups excluding carboxylic acids is 1. The Kier molecular flexibility index (Phi) is 5.13. The molecule has 3 heterocycles. The summed E-state index contributed by atoms with van der Waals surface area (Å²) in [5.74, 6) is 0.0603. The van der Waals surface area contributed by atoms with Gasteiger partial charge in [-0.25, -0.2) is 4.98 Å². The number of nitrogens with one attached hydrogen (secondary N) is 1. The summed E-state index contributed by atoms with van der Waals surface area (Å²) < 4.78 is 5.49. The van der Waals surface area contributed by atoms with E-state index in [0.29, 0.717) is 19.4 Å². The van der Waals surface area contributed by atoms with Crippen LogP contribution in [0.2, 0.25) is 0 Å². The summed E-state index contributed by atoms with van der Waals surface area (Å²) in [6, 6.07) is 5.77. The number of ether oxygens (including phenoxy) is 1. The van der Waals surface area contributed by atoms with Crippen molar-refractivity contribution in [3.05, 3.63) is 34.8 Å². The van der Waals surface area contributed by atoms with Gasteiger partial charge in [0.1, 0.15) is 0 Å². The standard InChI is InChI=1S/C16H19N3O2S/c20-15(18-10-12-4-3-9-21-12)6-7-16-19-14(11-22-16)13-5-1-2-8-17-13/h1-2,5,8,11-12H,3-4,6-7,9-10H2,(H,18,20). The van der Waals surface area contributed by atoms with Gasteiger partial charge in [0, 0.05) is 37.6 Å². The number of thiazole rings is 1. The van der Waals surface area contributed by atoms with Crippen LogP contribution in [0.25, 0.3) is 11.4 Å². The van der Waals surface area contributed by atoms with E-state index in [1.54, 1.807) is 17.5 Å². The lowest BCUT2D eigenvalue weighted by molar-refractivity contribution is -0.121. The molecule has 1 aliphatic rings. The van der Waals surface area contributed by atoms with E-state index in [4.69, 9.17) is 4.74 Å². The molecule has 0 aliphatic carbocycles. The van der Waals surface area contributed by atoms with Gasteiger partial charge in [-0.05, 0) is 25.0 Å². The molecule has 22 heavy (non-hydrogen) atoms. The summed E-state index contributed by atoms with van der Waals surface area (Å²) in [5, 5.41) is 5.89. The van der Waals surface area contributed by atoms with Crippen molar-refractivity contribution in [1.29, 1.82) is 0 Å². The molecule has 1 fully saturated rings. The molecule has 2 aromatic rings. The smallest absolute Gasteiger partial charge is 0.220 e. The summed E-state index contributed by atoms with van der Waals surface area (Å²) in [6.45, 7) is 1.44. The van der Waals surface area contributed by atoms with Crippen molar-refractivity contribution in [2.75, 3.05) is 13.2 Å². The van der Waals surface area contributed by atoms with E-state index >= 15 is 0 Å². The number of aromatic nitrogens is 2. The maximum Gasteiger partial charge on any atom is 0.220 e. The molecule has 116 valence electrons. The topological polar surface area (TPSA) is 64.1 Å². The molecule has 6 heteroatoms. The Hall–Kier alpha value is -1.79. The van der Waals surface area contributed by atoms with E-state index in [1.807, 2.05) is 23.6 Å². The highest BCUT2D eigenvalue weighted by Crippen LogP contribution is 2.20. The van der Waals surface area contributed by atoms with Gasteiger partial charge in [-0.1, -0.05) is 6.07 Å². The molecule has 1 amide bonds. The third kappa shape index (κ3) is 4.11. The highest BCUT2D eigenvalue weighted by Gasteiger charge is 2.16. The van der Waals surface area contributed by atoms with Crippen LogP contribution in [-0.4, -0.2) is 35.1 Å². The second kappa shape index (κ2) is 7.47. The highest BCUT2D eigenvalue weighted by molar-refractivity contribution is 7.09. The Morgan fingerprint density at radius 2 is 2.36 bits per heavy atom. The second-order valence-corrected chi connectivity index (χ2v) is 6.22. The van der Waals surface area contributed by atoms with Gasteiger partial charge in [0.25, 0.3) is 0 Å². The van der Waals surface area contributed by atoms with Crippen molar-refractivity contribution in [2.45, 2.75) is 31.8 Å². The molecule has 0 saturated carbocycles. The average molecular weight is 317 g/mol. The number of amides is 1. The molecule has 0 bridgehead atoms. The molecular weight excluding hydrogens is 298 g/mol. The summed E-state index contributed by atoms with van der Waals surface area (Å²) in [5.41, 5.74) is 1.74. The van der Waals surface area contributed by atoms with E-state index in [1.165, 1.54) is 0 Å². The lowest BCUT2D eigenvalue weighted by atomic mass is 10.2. The van der Waals surface area contributed by atoms with E-state index in [0.717, 1.165) is 35.8 Å². The average Bonchev–Trinajstić information content (AvgIpc) is 3.23. The van der Waals surface area contributed by atoms with Crippen LogP contribution < -0.4 is 5.32 Å². The first-order chi connectivity index (χ1) is 10.8. The number of nitrogens with zero attached hydrogens (tertiary/aromatic N) is 2. The Morgan fingerprint density at radius 3 is 3.14 bits per heavy atom. The molecule has 1 N–H and O–H groups in total. The van der Waals surface area contributed by atoms with Gasteiger partial charge < -0.3 is 10.1 Å². The van der Waals surface area contributed by atoms with Gasteiger partial charge >= 0.3 is 0 Å². The normalized spacial score (nSPS) is 17.5. The van der Waals surface area contributed by atoms with Crippen molar-refractivity contribution < 1.29 is 9.53 Å². The fourth-order valence-electron chi connectivity index (χ4n) is 2.40. The third-order valence-electron chi connectivity index (χ3n) is 3.60. The molecule has 2 aromatic heterocycles. The van der Waals surface area contributed by atoms with Gasteiger partial charge in [0.2, 0.25) is 5.91 Å². The van der Waals surface area contributed by atoms with Gasteiger partial charge in [0.05, 0.1) is 22.5 Å². The van der Waals surface area contributed by atoms with Gasteiger partial charge in [-0.3, -0.25) is 9.78 Å². The monoisotopic (exact) mass is 317 g/mol. The zero-order chi connectivity index (χ0) is 15.2. The summed E-state index contributed by atoms with van der Waals surface area (Å²) in [7, 11) is 0. The molecule has 0 aromatic carbocycles. The fraction of sp³-hybridized carbons (Fsp3) is 0.438. The number of rotatable bonds is 6. The Balaban J connectivity index is 1.45. The lowest BCUT2D eigenvalue weighted by Crippen LogP contribution is -2.31. The quantitative estimate of drug-likeness (QED) is 0.889. The van der Waals surface area contributed by atoms with Crippen LogP contribution in [0.1, 0.15) is 24.3 Å². The van der Waals surface area contributed by atoms with Crippen molar-refractivity contribution >= 4 is 17.2 Å². The molecule has 3 rings (SSSR count). The van der Waals surface area contributed by atoms with E-state index < -0.39 is 0 Å². The molecule has 0 spiro atoms. The van der Waals surface area contributed by atoms with Crippen LogP contribution in [-0.2, 0) is 16.0 Å². The van der Waals surface area contributed by atoms with Crippen LogP contribution in [0.3, 0.4) is 0 Å². The zero-order valence-corrected chi connectivity index (χ0v) is 13.1. The van der Waals surface area contributed by atoms with Crippen LogP contribution in [0.15, 0.2) is 29.8 Å². The molecule has 1 unspecified atom stereocenters. The van der Waals surface area contributed by atoms with Crippen molar-refractivity contribution in [3.8, 4) is 11.4 Å². The first-order valence-electron chi connectivity index (χ1n) is 7.55. The van der Waals surface area contributed by atoms with Gasteiger partial charge in [0.15, 0.2) is 0 Å². The highest BCUT2D eigenvalue weighted by atomic mass is 32.1. The summed E-state index contributed by atoms with van der Waals surface area (Å²) >= 11 is 1.57. The Labute approximate surface area is 133 Å². The Bertz CT molecular complexity index is 609. The van der Waals surface area contributed by atoms with Crippen LogP contribution in [0.5, 0.6) is 0 Å². The predicted molar refractivity (Wildman–Crippen MR) is 85.6 cm³/mol. The fourth-order valence-corrected chi connectivity index (χ4v) is 3.19. The molecule has 1 saturated heterocycles. The number of carbonyl (C=O) groups is 1. The van der Waals surface area contributed by atoms with Crippen LogP contribution in [0.4, 0.5) is 0 Å². The minimum atomic E-state index is 0.0603. The molecule has 0 radical (unpaired) electrons. The minimum absolute atomic E-state index is 0.0603. The number of aryl methyl sites for hydroxylation is 1. The third-order valence-corrected chi connectivity index (χ3v) is 4.50. The second-order valence-electron chi connectivity index (χ2n) is 5.28. The number of hydrogen-bond donors (Lipinski definition) is 1. The summed E-state index contributed by atoms with van der Waals surface area (Å²) in [4.78, 5) is 20.7. The number of hydrogen-bond acceptors (Lipinski definition) is 5. The molecule has 1 atom stereocenters. The molecule has 5 nitrogen and oxygen atoms in total. The lowest BCUT2D eigenvalue weighted by Gasteiger charge is -2.10. The SMILES string of the molecule is O=C(CCc1nc(-c2ccccn2)cs1)NCC1CCCO1. The molecule has 1 aliphatic heterocycles. The van der Waals surface area contributed by atoms with Crippen LogP contribution in [0, 0.1) is 0 Å². The van der Waals surface area contributed by atoms with Crippen molar-refractivity contribution in [1.82, 2.24) is 15.3 Å². The first-order valence-corrected chi connectivity index (χ1v) is 8.43.